The van der Waals surface area contributed by atoms with Gasteiger partial charge in [-0.2, -0.15) is 0 Å². The molecule has 1 aliphatic rings. The first kappa shape index (κ1) is 14.8. The fourth-order valence-corrected chi connectivity index (χ4v) is 2.91. The number of carbonyl (C=O) groups is 2. The van der Waals surface area contributed by atoms with Crippen LogP contribution in [0.15, 0.2) is 22.7 Å². The lowest BCUT2D eigenvalue weighted by atomic mass is 9.86. The van der Waals surface area contributed by atoms with E-state index in [2.05, 4.69) is 21.2 Å². The van der Waals surface area contributed by atoms with Crippen LogP contribution in [0.4, 0.5) is 0 Å². The molecule has 0 saturated heterocycles. The lowest BCUT2D eigenvalue weighted by Crippen LogP contribution is -2.41. The predicted octanol–water partition coefficient (Wildman–Crippen LogP) is 2.53. The van der Waals surface area contributed by atoms with Crippen molar-refractivity contribution in [3.05, 3.63) is 28.2 Å². The third kappa shape index (κ3) is 2.95. The largest absolute Gasteiger partial charge is 0.507 e. The molecule has 1 saturated carbocycles. The van der Waals surface area contributed by atoms with Gasteiger partial charge in [-0.1, -0.05) is 28.8 Å². The molecule has 108 valence electrons. The zero-order chi connectivity index (χ0) is 14.8. The van der Waals surface area contributed by atoms with E-state index in [4.69, 9.17) is 0 Å². The van der Waals surface area contributed by atoms with Crippen LogP contribution in [0.2, 0.25) is 0 Å². The number of rotatable bonds is 4. The first-order valence-corrected chi connectivity index (χ1v) is 7.24. The Labute approximate surface area is 125 Å². The van der Waals surface area contributed by atoms with E-state index in [0.717, 1.165) is 12.8 Å². The predicted molar refractivity (Wildman–Crippen MR) is 76.7 cm³/mol. The number of amides is 1. The van der Waals surface area contributed by atoms with E-state index >= 15 is 0 Å². The van der Waals surface area contributed by atoms with Crippen LogP contribution in [-0.4, -0.2) is 28.6 Å². The van der Waals surface area contributed by atoms with Crippen LogP contribution in [-0.2, 0) is 4.79 Å². The smallest absolute Gasteiger partial charge is 0.311 e. The number of carboxylic acid groups (broad SMARTS) is 1. The van der Waals surface area contributed by atoms with Crippen molar-refractivity contribution < 1.29 is 19.8 Å². The molecule has 1 aromatic rings. The van der Waals surface area contributed by atoms with E-state index in [9.17, 15) is 19.8 Å². The summed E-state index contributed by atoms with van der Waals surface area (Å²) < 4.78 is 0.671. The SMILES string of the molecule is O=C(NCC1(C(=O)O)CCCC1)c1ccc(Br)cc1O. The number of carbonyl (C=O) groups excluding carboxylic acids is 1. The molecule has 1 amide bonds. The highest BCUT2D eigenvalue weighted by atomic mass is 79.9. The highest BCUT2D eigenvalue weighted by Gasteiger charge is 2.41. The quantitative estimate of drug-likeness (QED) is 0.785. The Morgan fingerprint density at radius 2 is 1.95 bits per heavy atom. The van der Waals surface area contributed by atoms with Crippen molar-refractivity contribution in [2.24, 2.45) is 5.41 Å². The van der Waals surface area contributed by atoms with Crippen molar-refractivity contribution in [3.63, 3.8) is 0 Å². The second-order valence-corrected chi connectivity index (χ2v) is 6.05. The van der Waals surface area contributed by atoms with Gasteiger partial charge in [-0.3, -0.25) is 9.59 Å². The summed E-state index contributed by atoms with van der Waals surface area (Å²) in [5, 5.41) is 21.7. The fourth-order valence-electron chi connectivity index (χ4n) is 2.56. The lowest BCUT2D eigenvalue weighted by Gasteiger charge is -2.24. The van der Waals surface area contributed by atoms with E-state index in [0.29, 0.717) is 17.3 Å². The summed E-state index contributed by atoms with van der Waals surface area (Å²) in [5.74, 6) is -1.45. The molecule has 0 radical (unpaired) electrons. The number of benzene rings is 1. The summed E-state index contributed by atoms with van der Waals surface area (Å²) in [7, 11) is 0. The molecule has 1 aromatic carbocycles. The molecule has 1 fully saturated rings. The molecule has 0 heterocycles. The minimum absolute atomic E-state index is 0.0939. The second kappa shape index (κ2) is 5.83. The highest BCUT2D eigenvalue weighted by molar-refractivity contribution is 9.10. The van der Waals surface area contributed by atoms with Gasteiger partial charge in [-0.25, -0.2) is 0 Å². The first-order valence-electron chi connectivity index (χ1n) is 6.45. The number of phenols is 1. The summed E-state index contributed by atoms with van der Waals surface area (Å²) in [6.07, 6.45) is 2.89. The zero-order valence-electron chi connectivity index (χ0n) is 10.9. The van der Waals surface area contributed by atoms with E-state index in [1.165, 1.54) is 12.1 Å². The number of nitrogens with one attached hydrogen (secondary N) is 1. The van der Waals surface area contributed by atoms with Crippen LogP contribution in [0.25, 0.3) is 0 Å². The van der Waals surface area contributed by atoms with Crippen molar-refractivity contribution in [1.29, 1.82) is 0 Å². The van der Waals surface area contributed by atoms with Crippen molar-refractivity contribution >= 4 is 27.8 Å². The van der Waals surface area contributed by atoms with Gasteiger partial charge in [-0.15, -0.1) is 0 Å². The summed E-state index contributed by atoms with van der Waals surface area (Å²) >= 11 is 3.20. The Bertz CT molecular complexity index is 538. The first-order chi connectivity index (χ1) is 9.44. The molecule has 2 rings (SSSR count). The maximum Gasteiger partial charge on any atom is 0.311 e. The number of hydrogen-bond donors (Lipinski definition) is 3. The van der Waals surface area contributed by atoms with Gasteiger partial charge < -0.3 is 15.5 Å². The van der Waals surface area contributed by atoms with Crippen molar-refractivity contribution in [3.8, 4) is 5.75 Å². The molecular formula is C14H16BrNO4. The van der Waals surface area contributed by atoms with Gasteiger partial charge in [0.25, 0.3) is 5.91 Å². The Morgan fingerprint density at radius 1 is 1.30 bits per heavy atom. The van der Waals surface area contributed by atoms with Crippen molar-refractivity contribution in [2.75, 3.05) is 6.54 Å². The number of aliphatic carboxylic acids is 1. The molecule has 0 unspecified atom stereocenters. The molecule has 1 aliphatic carbocycles. The number of hydrogen-bond acceptors (Lipinski definition) is 3. The van der Waals surface area contributed by atoms with Crippen LogP contribution in [0.3, 0.4) is 0 Å². The average Bonchev–Trinajstić information content (AvgIpc) is 2.86. The summed E-state index contributed by atoms with van der Waals surface area (Å²) in [6, 6.07) is 4.57. The normalized spacial score (nSPS) is 16.9. The Morgan fingerprint density at radius 3 is 2.50 bits per heavy atom. The molecule has 0 aromatic heterocycles. The van der Waals surface area contributed by atoms with Gasteiger partial charge in [-0.05, 0) is 31.0 Å². The Kier molecular flexibility index (Phi) is 4.32. The third-order valence-electron chi connectivity index (χ3n) is 3.81. The molecule has 0 atom stereocenters. The molecule has 20 heavy (non-hydrogen) atoms. The van der Waals surface area contributed by atoms with Crippen LogP contribution in [0, 0.1) is 5.41 Å². The minimum Gasteiger partial charge on any atom is -0.507 e. The molecule has 0 bridgehead atoms. The minimum atomic E-state index is -0.865. The second-order valence-electron chi connectivity index (χ2n) is 5.14. The van der Waals surface area contributed by atoms with Gasteiger partial charge >= 0.3 is 5.97 Å². The van der Waals surface area contributed by atoms with Crippen molar-refractivity contribution in [1.82, 2.24) is 5.32 Å². The fraction of sp³-hybridized carbons (Fsp3) is 0.429. The average molecular weight is 342 g/mol. The Balaban J connectivity index is 2.06. The third-order valence-corrected chi connectivity index (χ3v) is 4.30. The van der Waals surface area contributed by atoms with Crippen LogP contribution in [0.1, 0.15) is 36.0 Å². The summed E-state index contributed by atoms with van der Waals surface area (Å²) in [4.78, 5) is 23.4. The standard InChI is InChI=1S/C14H16BrNO4/c15-9-3-4-10(11(17)7-9)12(18)16-8-14(13(19)20)5-1-2-6-14/h3-4,7,17H,1-2,5-6,8H2,(H,16,18)(H,19,20). The van der Waals surface area contributed by atoms with Gasteiger partial charge in [0.05, 0.1) is 11.0 Å². The number of halogens is 1. The molecular weight excluding hydrogens is 326 g/mol. The number of aromatic hydroxyl groups is 1. The topological polar surface area (TPSA) is 86.6 Å². The Hall–Kier alpha value is -1.56. The van der Waals surface area contributed by atoms with Crippen LogP contribution >= 0.6 is 15.9 Å². The highest BCUT2D eigenvalue weighted by Crippen LogP contribution is 2.37. The van der Waals surface area contributed by atoms with Gasteiger partial charge in [0.1, 0.15) is 5.75 Å². The van der Waals surface area contributed by atoms with E-state index in [1.807, 2.05) is 0 Å². The zero-order valence-corrected chi connectivity index (χ0v) is 12.4. The molecule has 6 heteroatoms. The van der Waals surface area contributed by atoms with Crippen LogP contribution in [0.5, 0.6) is 5.75 Å². The molecule has 5 nitrogen and oxygen atoms in total. The number of phenolic OH excluding ortho intramolecular Hbond substituents is 1. The van der Waals surface area contributed by atoms with E-state index in [1.54, 1.807) is 6.07 Å². The van der Waals surface area contributed by atoms with Crippen LogP contribution < -0.4 is 5.32 Å². The van der Waals surface area contributed by atoms with Gasteiger partial charge in [0, 0.05) is 11.0 Å². The maximum absolute atomic E-state index is 12.0. The van der Waals surface area contributed by atoms with Crippen molar-refractivity contribution in [2.45, 2.75) is 25.7 Å². The van der Waals surface area contributed by atoms with E-state index < -0.39 is 17.3 Å². The lowest BCUT2D eigenvalue weighted by molar-refractivity contribution is -0.148. The maximum atomic E-state index is 12.0. The van der Waals surface area contributed by atoms with Gasteiger partial charge in [0.15, 0.2) is 0 Å². The van der Waals surface area contributed by atoms with E-state index in [-0.39, 0.29) is 17.9 Å². The molecule has 0 aliphatic heterocycles. The molecule has 3 N–H and O–H groups in total. The van der Waals surface area contributed by atoms with Gasteiger partial charge in [0.2, 0.25) is 0 Å². The monoisotopic (exact) mass is 341 g/mol. The summed E-state index contributed by atoms with van der Waals surface area (Å²) in [5.41, 5.74) is -0.715. The molecule has 0 spiro atoms. The summed E-state index contributed by atoms with van der Waals surface area (Å²) in [6.45, 7) is 0.0939. The number of carboxylic acids is 1.